The monoisotopic (exact) mass is 432 g/mol. The maximum Gasteiger partial charge on any atom is 0.257 e. The molecule has 0 aliphatic carbocycles. The third-order valence-electron chi connectivity index (χ3n) is 4.63. The Hall–Kier alpha value is -2.68. The van der Waals surface area contributed by atoms with Crippen LogP contribution in [-0.2, 0) is 4.74 Å². The molecule has 3 N–H and O–H groups in total. The zero-order valence-electron chi connectivity index (χ0n) is 16.9. The zero-order chi connectivity index (χ0) is 21.7. The van der Waals surface area contributed by atoms with Crippen LogP contribution in [0.25, 0.3) is 0 Å². The summed E-state index contributed by atoms with van der Waals surface area (Å²) in [4.78, 5) is 31.5. The molecule has 1 aromatic carbocycles. The van der Waals surface area contributed by atoms with Crippen LogP contribution in [0.5, 0.6) is 0 Å². The van der Waals surface area contributed by atoms with Gasteiger partial charge in [0, 0.05) is 35.6 Å². The molecule has 0 spiro atoms. The Morgan fingerprint density at radius 3 is 2.57 bits per heavy atom. The Morgan fingerprint density at radius 1 is 1.13 bits per heavy atom. The fraction of sp³-hybridized carbons (Fsp3) is 0.381. The van der Waals surface area contributed by atoms with Gasteiger partial charge in [0.25, 0.3) is 11.8 Å². The van der Waals surface area contributed by atoms with Crippen molar-refractivity contribution in [1.82, 2.24) is 10.3 Å². The van der Waals surface area contributed by atoms with Crippen molar-refractivity contribution in [2.75, 3.05) is 43.1 Å². The summed E-state index contributed by atoms with van der Waals surface area (Å²) in [6.07, 6.45) is 3.20. The summed E-state index contributed by atoms with van der Waals surface area (Å²) in [7, 11) is 0. The van der Waals surface area contributed by atoms with Crippen molar-refractivity contribution in [3.05, 3.63) is 52.8 Å². The number of carbonyl (C=O) groups is 2. The van der Waals surface area contributed by atoms with Crippen molar-refractivity contribution in [2.45, 2.75) is 19.4 Å². The lowest BCUT2D eigenvalue weighted by Crippen LogP contribution is -2.46. The highest BCUT2D eigenvalue weighted by Gasteiger charge is 2.21. The van der Waals surface area contributed by atoms with E-state index in [2.05, 4.69) is 20.5 Å². The molecule has 1 aliphatic heterocycles. The molecule has 2 amide bonds. The second-order valence-corrected chi connectivity index (χ2v) is 8.15. The minimum atomic E-state index is -0.783. The third kappa shape index (κ3) is 5.69. The summed E-state index contributed by atoms with van der Waals surface area (Å²) >= 11 is 6.14. The van der Waals surface area contributed by atoms with Crippen molar-refractivity contribution in [2.24, 2.45) is 0 Å². The highest BCUT2D eigenvalue weighted by atomic mass is 35.5. The van der Waals surface area contributed by atoms with E-state index in [0.717, 1.165) is 18.8 Å². The van der Waals surface area contributed by atoms with Gasteiger partial charge in [-0.25, -0.2) is 0 Å². The average Bonchev–Trinajstić information content (AvgIpc) is 2.73. The highest BCUT2D eigenvalue weighted by molar-refractivity contribution is 6.31. The van der Waals surface area contributed by atoms with Crippen LogP contribution < -0.4 is 15.5 Å². The minimum Gasteiger partial charge on any atom is -0.394 e. The number of ether oxygens (including phenoxy) is 1. The molecule has 0 saturated carbocycles. The van der Waals surface area contributed by atoms with E-state index >= 15 is 0 Å². The van der Waals surface area contributed by atoms with E-state index in [9.17, 15) is 14.7 Å². The number of hydrogen-bond acceptors (Lipinski definition) is 6. The van der Waals surface area contributed by atoms with Crippen LogP contribution in [0.1, 0.15) is 34.6 Å². The van der Waals surface area contributed by atoms with Gasteiger partial charge in [0.2, 0.25) is 0 Å². The fourth-order valence-corrected chi connectivity index (χ4v) is 3.20. The number of carbonyl (C=O) groups excluding carboxylic acids is 2. The lowest BCUT2D eigenvalue weighted by Gasteiger charge is -2.28. The number of anilines is 2. The number of amides is 2. The lowest BCUT2D eigenvalue weighted by atomic mass is 10.1. The number of benzene rings is 1. The van der Waals surface area contributed by atoms with Gasteiger partial charge in [0.15, 0.2) is 0 Å². The summed E-state index contributed by atoms with van der Waals surface area (Å²) in [6, 6.07) is 6.37. The number of rotatable bonds is 6. The number of nitrogens with zero attached hydrogens (tertiary/aromatic N) is 2. The number of aromatic nitrogens is 1. The van der Waals surface area contributed by atoms with Gasteiger partial charge in [-0.3, -0.25) is 14.6 Å². The molecule has 160 valence electrons. The first-order valence-corrected chi connectivity index (χ1v) is 9.98. The Bertz CT molecular complexity index is 929. The van der Waals surface area contributed by atoms with Crippen molar-refractivity contribution in [3.63, 3.8) is 0 Å². The van der Waals surface area contributed by atoms with E-state index in [1.54, 1.807) is 32.2 Å². The predicted octanol–water partition coefficient (Wildman–Crippen LogP) is 2.32. The molecule has 0 atom stereocenters. The Morgan fingerprint density at radius 2 is 1.87 bits per heavy atom. The van der Waals surface area contributed by atoms with E-state index < -0.39 is 11.4 Å². The maximum atomic E-state index is 12.7. The Kier molecular flexibility index (Phi) is 6.91. The number of hydrogen-bond donors (Lipinski definition) is 3. The maximum absolute atomic E-state index is 12.7. The second-order valence-electron chi connectivity index (χ2n) is 7.71. The smallest absolute Gasteiger partial charge is 0.257 e. The molecule has 30 heavy (non-hydrogen) atoms. The quantitative estimate of drug-likeness (QED) is 0.647. The summed E-state index contributed by atoms with van der Waals surface area (Å²) in [5.41, 5.74) is 1.12. The molecule has 2 heterocycles. The fourth-order valence-electron chi connectivity index (χ4n) is 2.96. The van der Waals surface area contributed by atoms with Gasteiger partial charge in [-0.05, 0) is 38.1 Å². The molecule has 3 rings (SSSR count). The summed E-state index contributed by atoms with van der Waals surface area (Å²) in [5.74, 6) is -0.759. The van der Waals surface area contributed by atoms with Gasteiger partial charge in [-0.2, -0.15) is 0 Å². The number of nitrogens with one attached hydrogen (secondary N) is 2. The van der Waals surface area contributed by atoms with Crippen LogP contribution in [-0.4, -0.2) is 60.4 Å². The van der Waals surface area contributed by atoms with Crippen molar-refractivity contribution in [1.29, 1.82) is 0 Å². The SMILES string of the molecule is CC(C)(CO)NC(=O)c1cc(Cl)cc(NC(=O)c2cncc(N3CCOCC3)c2)c1. The number of aliphatic hydroxyl groups excluding tert-OH is 1. The van der Waals surface area contributed by atoms with E-state index in [4.69, 9.17) is 16.3 Å². The summed E-state index contributed by atoms with van der Waals surface area (Å²) < 4.78 is 5.36. The van der Waals surface area contributed by atoms with Gasteiger partial charge in [0.1, 0.15) is 0 Å². The van der Waals surface area contributed by atoms with E-state index in [-0.39, 0.29) is 18.1 Å². The predicted molar refractivity (Wildman–Crippen MR) is 115 cm³/mol. The molecule has 1 saturated heterocycles. The summed E-state index contributed by atoms with van der Waals surface area (Å²) in [5, 5.41) is 15.1. The normalized spacial score (nSPS) is 14.3. The highest BCUT2D eigenvalue weighted by Crippen LogP contribution is 2.22. The van der Waals surface area contributed by atoms with E-state index in [1.165, 1.54) is 18.3 Å². The number of aliphatic hydroxyl groups is 1. The van der Waals surface area contributed by atoms with Crippen molar-refractivity contribution < 1.29 is 19.4 Å². The zero-order valence-corrected chi connectivity index (χ0v) is 17.7. The molecular weight excluding hydrogens is 408 g/mol. The van der Waals surface area contributed by atoms with Crippen LogP contribution in [0, 0.1) is 0 Å². The topological polar surface area (TPSA) is 104 Å². The number of pyridine rings is 1. The van der Waals surface area contributed by atoms with Gasteiger partial charge in [0.05, 0.1) is 42.8 Å². The molecule has 0 bridgehead atoms. The minimum absolute atomic E-state index is 0.213. The van der Waals surface area contributed by atoms with Crippen molar-refractivity contribution >= 4 is 34.8 Å². The number of morpholine rings is 1. The van der Waals surface area contributed by atoms with E-state index in [1.807, 2.05) is 0 Å². The average molecular weight is 433 g/mol. The third-order valence-corrected chi connectivity index (χ3v) is 4.85. The molecule has 1 aromatic heterocycles. The van der Waals surface area contributed by atoms with Gasteiger partial charge < -0.3 is 25.4 Å². The first-order valence-electron chi connectivity index (χ1n) is 9.60. The van der Waals surface area contributed by atoms with E-state index in [0.29, 0.717) is 29.5 Å². The summed E-state index contributed by atoms with van der Waals surface area (Å²) in [6.45, 7) is 5.94. The van der Waals surface area contributed by atoms with Crippen LogP contribution in [0.15, 0.2) is 36.7 Å². The molecule has 0 unspecified atom stereocenters. The molecule has 9 heteroatoms. The molecule has 2 aromatic rings. The van der Waals surface area contributed by atoms with Gasteiger partial charge in [-0.15, -0.1) is 0 Å². The number of halogens is 1. The Labute approximate surface area is 180 Å². The Balaban J connectivity index is 1.75. The second kappa shape index (κ2) is 9.42. The molecule has 1 aliphatic rings. The van der Waals surface area contributed by atoms with Crippen molar-refractivity contribution in [3.8, 4) is 0 Å². The first kappa shape index (κ1) is 22.0. The van der Waals surface area contributed by atoms with Crippen LogP contribution in [0.2, 0.25) is 5.02 Å². The molecule has 0 radical (unpaired) electrons. The van der Waals surface area contributed by atoms with Crippen LogP contribution in [0.4, 0.5) is 11.4 Å². The standard InChI is InChI=1S/C21H25ClN4O4/c1-21(2,13-27)25-20(29)14-7-16(22)10-17(8-14)24-19(28)15-9-18(12-23-11-15)26-3-5-30-6-4-26/h7-12,27H,3-6,13H2,1-2H3,(H,24,28)(H,25,29). The largest absolute Gasteiger partial charge is 0.394 e. The van der Waals surface area contributed by atoms with Crippen LogP contribution >= 0.6 is 11.6 Å². The molecular formula is C21H25ClN4O4. The molecule has 1 fully saturated rings. The first-order chi connectivity index (χ1) is 14.3. The van der Waals surface area contributed by atoms with Crippen LogP contribution in [0.3, 0.4) is 0 Å². The lowest BCUT2D eigenvalue weighted by molar-refractivity contribution is 0.0868. The molecule has 8 nitrogen and oxygen atoms in total. The van der Waals surface area contributed by atoms with Gasteiger partial charge >= 0.3 is 0 Å². The van der Waals surface area contributed by atoms with Gasteiger partial charge in [-0.1, -0.05) is 11.6 Å².